The zero-order chi connectivity index (χ0) is 28.7. The highest BCUT2D eigenvalue weighted by Crippen LogP contribution is 2.32. The maximum Gasteiger partial charge on any atom is 0.416 e. The van der Waals surface area contributed by atoms with Gasteiger partial charge in [0.2, 0.25) is 0 Å². The van der Waals surface area contributed by atoms with Crippen LogP contribution in [0.3, 0.4) is 0 Å². The number of halogens is 4. The first-order valence-corrected chi connectivity index (χ1v) is 12.8. The van der Waals surface area contributed by atoms with Crippen molar-refractivity contribution in [2.75, 3.05) is 0 Å². The quantitative estimate of drug-likeness (QED) is 0.165. The Bertz CT molecular complexity index is 2000. The lowest BCUT2D eigenvalue weighted by Crippen LogP contribution is -2.20. The Kier molecular flexibility index (Phi) is 6.49. The highest BCUT2D eigenvalue weighted by Gasteiger charge is 2.31. The number of fused-ring (bicyclic) bond motifs is 2. The Labute approximate surface area is 231 Å². The molecule has 41 heavy (non-hydrogen) atoms. The molecule has 6 aromatic rings. The SMILES string of the molecule is Cc1c(C=Nn2c(-c3cccc(C(F)(F)F)c3)nc3ccccc3c2=O)c2ccccc2n1Cc1ccc(F)cc1. The Morgan fingerprint density at radius 1 is 0.878 bits per heavy atom. The van der Waals surface area contributed by atoms with Gasteiger partial charge in [-0.2, -0.15) is 22.9 Å². The van der Waals surface area contributed by atoms with E-state index in [4.69, 9.17) is 0 Å². The number of aromatic nitrogens is 3. The van der Waals surface area contributed by atoms with Crippen LogP contribution in [0.25, 0.3) is 33.2 Å². The molecule has 6 rings (SSSR count). The van der Waals surface area contributed by atoms with Crippen LogP contribution in [-0.2, 0) is 12.7 Å². The van der Waals surface area contributed by atoms with Crippen molar-refractivity contribution in [3.8, 4) is 11.4 Å². The predicted molar refractivity (Wildman–Crippen MR) is 152 cm³/mol. The van der Waals surface area contributed by atoms with Gasteiger partial charge in [0.25, 0.3) is 5.56 Å². The molecule has 0 N–H and O–H groups in total. The van der Waals surface area contributed by atoms with Gasteiger partial charge in [-0.05, 0) is 55.0 Å². The summed E-state index contributed by atoms with van der Waals surface area (Å²) in [6, 6.07) is 25.3. The molecule has 9 heteroatoms. The molecule has 0 aliphatic heterocycles. The van der Waals surface area contributed by atoms with Crippen LogP contribution in [0.4, 0.5) is 17.6 Å². The predicted octanol–water partition coefficient (Wildman–Crippen LogP) is 7.42. The van der Waals surface area contributed by atoms with Crippen LogP contribution < -0.4 is 5.56 Å². The van der Waals surface area contributed by atoms with Gasteiger partial charge in [0.05, 0.1) is 22.7 Å². The average molecular weight is 555 g/mol. The molecule has 0 spiro atoms. The summed E-state index contributed by atoms with van der Waals surface area (Å²) < 4.78 is 57.1. The van der Waals surface area contributed by atoms with E-state index in [1.165, 1.54) is 30.5 Å². The van der Waals surface area contributed by atoms with Gasteiger partial charge in [-0.15, -0.1) is 0 Å². The maximum absolute atomic E-state index is 13.6. The van der Waals surface area contributed by atoms with E-state index in [0.717, 1.165) is 44.5 Å². The molecular formula is C32H22F4N4O. The average Bonchev–Trinajstić information content (AvgIpc) is 3.23. The standard InChI is InChI=1S/C32H22F4N4O/c1-20-27(25-9-3-5-12-29(25)39(20)19-21-13-15-24(33)16-14-21)18-37-40-30(22-7-6-8-23(17-22)32(34,35)36)38-28-11-4-2-10-26(28)31(40)41/h2-18H,19H2,1H3. The summed E-state index contributed by atoms with van der Waals surface area (Å²) in [6.07, 6.45) is -3.03. The number of benzene rings is 4. The zero-order valence-corrected chi connectivity index (χ0v) is 21.7. The van der Waals surface area contributed by atoms with Crippen LogP contribution >= 0.6 is 0 Å². The fraction of sp³-hybridized carbons (Fsp3) is 0.0938. The lowest BCUT2D eigenvalue weighted by atomic mass is 10.1. The molecule has 0 aliphatic carbocycles. The summed E-state index contributed by atoms with van der Waals surface area (Å²) in [5, 5.41) is 5.67. The summed E-state index contributed by atoms with van der Waals surface area (Å²) >= 11 is 0. The Morgan fingerprint density at radius 3 is 2.34 bits per heavy atom. The van der Waals surface area contributed by atoms with E-state index in [1.54, 1.807) is 36.4 Å². The zero-order valence-electron chi connectivity index (χ0n) is 21.7. The van der Waals surface area contributed by atoms with Gasteiger partial charge in [0.15, 0.2) is 5.82 Å². The van der Waals surface area contributed by atoms with Gasteiger partial charge in [-0.25, -0.2) is 9.37 Å². The van der Waals surface area contributed by atoms with Crippen molar-refractivity contribution in [2.24, 2.45) is 5.10 Å². The number of para-hydroxylation sites is 2. The third kappa shape index (κ3) is 4.91. The minimum Gasteiger partial charge on any atom is -0.340 e. The summed E-state index contributed by atoms with van der Waals surface area (Å²) in [5.41, 5.74) is 2.50. The molecule has 0 saturated heterocycles. The molecule has 2 aromatic heterocycles. The Hall–Kier alpha value is -5.05. The van der Waals surface area contributed by atoms with Crippen molar-refractivity contribution in [3.63, 3.8) is 0 Å². The van der Waals surface area contributed by atoms with Crippen LogP contribution in [0.5, 0.6) is 0 Å². The lowest BCUT2D eigenvalue weighted by molar-refractivity contribution is -0.137. The number of hydrogen-bond acceptors (Lipinski definition) is 3. The number of alkyl halides is 3. The highest BCUT2D eigenvalue weighted by atomic mass is 19.4. The topological polar surface area (TPSA) is 52.2 Å². The Balaban J connectivity index is 1.52. The monoisotopic (exact) mass is 554 g/mol. The number of nitrogens with zero attached hydrogens (tertiary/aromatic N) is 4. The van der Waals surface area contributed by atoms with Crippen molar-refractivity contribution in [1.29, 1.82) is 0 Å². The van der Waals surface area contributed by atoms with Gasteiger partial charge in [-0.3, -0.25) is 4.79 Å². The minimum absolute atomic E-state index is 0.0104. The van der Waals surface area contributed by atoms with E-state index < -0.39 is 17.3 Å². The third-order valence-corrected chi connectivity index (χ3v) is 7.04. The molecule has 0 aliphatic rings. The molecule has 0 saturated carbocycles. The molecule has 4 aromatic carbocycles. The van der Waals surface area contributed by atoms with Crippen molar-refractivity contribution in [1.82, 2.24) is 14.2 Å². The fourth-order valence-electron chi connectivity index (χ4n) is 4.96. The fourth-order valence-corrected chi connectivity index (χ4v) is 4.96. The molecule has 204 valence electrons. The molecule has 0 amide bonds. The molecule has 5 nitrogen and oxygen atoms in total. The van der Waals surface area contributed by atoms with E-state index in [9.17, 15) is 22.4 Å². The number of rotatable bonds is 5. The van der Waals surface area contributed by atoms with Crippen LogP contribution in [0.1, 0.15) is 22.4 Å². The summed E-state index contributed by atoms with van der Waals surface area (Å²) in [5.74, 6) is -0.328. The smallest absolute Gasteiger partial charge is 0.340 e. The van der Waals surface area contributed by atoms with Crippen molar-refractivity contribution in [2.45, 2.75) is 19.6 Å². The van der Waals surface area contributed by atoms with E-state index in [1.807, 2.05) is 31.2 Å². The molecular weight excluding hydrogens is 532 g/mol. The van der Waals surface area contributed by atoms with Crippen molar-refractivity contribution >= 4 is 28.0 Å². The van der Waals surface area contributed by atoms with Crippen LogP contribution in [0, 0.1) is 12.7 Å². The van der Waals surface area contributed by atoms with Crippen LogP contribution in [0.15, 0.2) is 107 Å². The number of hydrogen-bond donors (Lipinski definition) is 0. The van der Waals surface area contributed by atoms with E-state index in [0.29, 0.717) is 12.1 Å². The van der Waals surface area contributed by atoms with Gasteiger partial charge in [-0.1, -0.05) is 54.6 Å². The first-order valence-electron chi connectivity index (χ1n) is 12.8. The van der Waals surface area contributed by atoms with Gasteiger partial charge >= 0.3 is 6.18 Å². The van der Waals surface area contributed by atoms with E-state index in [-0.39, 0.29) is 22.6 Å². The second kappa shape index (κ2) is 10.2. The molecule has 0 radical (unpaired) electrons. The highest BCUT2D eigenvalue weighted by molar-refractivity contribution is 6.01. The molecule has 0 bridgehead atoms. The molecule has 0 fully saturated rings. The second-order valence-electron chi connectivity index (χ2n) is 9.62. The summed E-state index contributed by atoms with van der Waals surface area (Å²) in [4.78, 5) is 18.1. The van der Waals surface area contributed by atoms with Crippen LogP contribution in [-0.4, -0.2) is 20.4 Å². The first-order chi connectivity index (χ1) is 19.7. The van der Waals surface area contributed by atoms with E-state index in [2.05, 4.69) is 14.7 Å². The van der Waals surface area contributed by atoms with Gasteiger partial charge < -0.3 is 4.57 Å². The first kappa shape index (κ1) is 26.2. The normalized spacial score (nSPS) is 12.1. The summed E-state index contributed by atoms with van der Waals surface area (Å²) in [6.45, 7) is 2.40. The van der Waals surface area contributed by atoms with Crippen molar-refractivity contribution in [3.05, 3.63) is 136 Å². The molecule has 0 unspecified atom stereocenters. The molecule has 2 heterocycles. The minimum atomic E-state index is -4.56. The lowest BCUT2D eigenvalue weighted by Gasteiger charge is -2.12. The van der Waals surface area contributed by atoms with Crippen LogP contribution in [0.2, 0.25) is 0 Å². The van der Waals surface area contributed by atoms with E-state index >= 15 is 0 Å². The maximum atomic E-state index is 13.6. The molecule has 0 atom stereocenters. The second-order valence-corrected chi connectivity index (χ2v) is 9.62. The van der Waals surface area contributed by atoms with Crippen molar-refractivity contribution < 1.29 is 17.6 Å². The Morgan fingerprint density at radius 2 is 1.59 bits per heavy atom. The van der Waals surface area contributed by atoms with Gasteiger partial charge in [0.1, 0.15) is 5.82 Å². The summed E-state index contributed by atoms with van der Waals surface area (Å²) in [7, 11) is 0. The largest absolute Gasteiger partial charge is 0.416 e. The third-order valence-electron chi connectivity index (χ3n) is 7.04. The van der Waals surface area contributed by atoms with Gasteiger partial charge in [0, 0.05) is 34.3 Å².